The standard InChI is InChI=1S/C19H17BrN6O3/c1-11(29-2)18-15-7-12(20)3-5-14(15)19(28)26(24-18)9-17(27)22-13-4-6-16-23-21-10-25(16)8-13/h3-8,10-11H,9H2,1-2H3,(H,22,27). The molecule has 0 fully saturated rings. The lowest BCUT2D eigenvalue weighted by Gasteiger charge is -2.15. The van der Waals surface area contributed by atoms with Gasteiger partial charge in [0.2, 0.25) is 5.91 Å². The van der Waals surface area contributed by atoms with Crippen molar-refractivity contribution in [1.82, 2.24) is 24.4 Å². The van der Waals surface area contributed by atoms with Crippen molar-refractivity contribution in [3.63, 3.8) is 0 Å². The van der Waals surface area contributed by atoms with Crippen molar-refractivity contribution in [3.8, 4) is 0 Å². The van der Waals surface area contributed by atoms with Gasteiger partial charge in [0.25, 0.3) is 5.56 Å². The minimum atomic E-state index is -0.375. The van der Waals surface area contributed by atoms with Gasteiger partial charge in [0, 0.05) is 23.2 Å². The molecule has 148 valence electrons. The van der Waals surface area contributed by atoms with Crippen LogP contribution in [0.15, 0.2) is 52.1 Å². The summed E-state index contributed by atoms with van der Waals surface area (Å²) >= 11 is 3.42. The lowest BCUT2D eigenvalue weighted by molar-refractivity contribution is -0.117. The van der Waals surface area contributed by atoms with Crippen LogP contribution in [0.2, 0.25) is 0 Å². The van der Waals surface area contributed by atoms with Gasteiger partial charge in [-0.1, -0.05) is 15.9 Å². The van der Waals surface area contributed by atoms with Gasteiger partial charge in [-0.05, 0) is 37.3 Å². The molecule has 1 amide bonds. The lowest BCUT2D eigenvalue weighted by Crippen LogP contribution is -2.31. The molecule has 0 saturated heterocycles. The summed E-state index contributed by atoms with van der Waals surface area (Å²) in [6, 6.07) is 8.77. The molecule has 0 radical (unpaired) electrons. The molecule has 1 unspecified atom stereocenters. The van der Waals surface area contributed by atoms with E-state index < -0.39 is 0 Å². The van der Waals surface area contributed by atoms with E-state index >= 15 is 0 Å². The topological polar surface area (TPSA) is 103 Å². The first-order valence-electron chi connectivity index (χ1n) is 8.78. The Hall–Kier alpha value is -3.11. The van der Waals surface area contributed by atoms with Crippen molar-refractivity contribution in [2.24, 2.45) is 0 Å². The molecule has 0 aliphatic rings. The van der Waals surface area contributed by atoms with Crippen LogP contribution in [0.25, 0.3) is 16.4 Å². The number of halogens is 1. The predicted molar refractivity (Wildman–Crippen MR) is 111 cm³/mol. The van der Waals surface area contributed by atoms with Crippen LogP contribution in [-0.2, 0) is 16.1 Å². The summed E-state index contributed by atoms with van der Waals surface area (Å²) in [4.78, 5) is 25.4. The van der Waals surface area contributed by atoms with Crippen LogP contribution in [0.4, 0.5) is 5.69 Å². The number of rotatable bonds is 5. The number of carbonyl (C=O) groups excluding carboxylic acids is 1. The fourth-order valence-electron chi connectivity index (χ4n) is 3.04. The van der Waals surface area contributed by atoms with Crippen molar-refractivity contribution in [2.75, 3.05) is 12.4 Å². The molecule has 3 aromatic heterocycles. The number of pyridine rings is 1. The van der Waals surface area contributed by atoms with Gasteiger partial charge in [0.05, 0.1) is 22.9 Å². The highest BCUT2D eigenvalue weighted by Gasteiger charge is 2.17. The number of hydrogen-bond donors (Lipinski definition) is 1. The minimum absolute atomic E-state index is 0.228. The number of benzene rings is 1. The normalized spacial score (nSPS) is 12.4. The zero-order chi connectivity index (χ0) is 20.5. The first kappa shape index (κ1) is 19.2. The van der Waals surface area contributed by atoms with E-state index in [4.69, 9.17) is 4.74 Å². The first-order chi connectivity index (χ1) is 14.0. The van der Waals surface area contributed by atoms with Gasteiger partial charge in [-0.3, -0.25) is 14.0 Å². The van der Waals surface area contributed by atoms with Crippen LogP contribution in [0, 0.1) is 0 Å². The number of ether oxygens (including phenoxy) is 1. The summed E-state index contributed by atoms with van der Waals surface area (Å²) in [6.07, 6.45) is 2.88. The fourth-order valence-corrected chi connectivity index (χ4v) is 3.40. The van der Waals surface area contributed by atoms with Crippen molar-refractivity contribution >= 4 is 43.9 Å². The Balaban J connectivity index is 1.67. The third-order valence-corrected chi connectivity index (χ3v) is 5.05. The number of carbonyl (C=O) groups is 1. The number of nitrogens with zero attached hydrogens (tertiary/aromatic N) is 5. The molecule has 0 aliphatic heterocycles. The molecule has 9 nitrogen and oxygen atoms in total. The van der Waals surface area contributed by atoms with E-state index in [9.17, 15) is 9.59 Å². The molecule has 0 spiro atoms. The van der Waals surface area contributed by atoms with E-state index in [0.29, 0.717) is 27.8 Å². The molecule has 0 bridgehead atoms. The van der Waals surface area contributed by atoms with Gasteiger partial charge in [-0.2, -0.15) is 5.10 Å². The Morgan fingerprint density at radius 3 is 2.90 bits per heavy atom. The fraction of sp³-hybridized carbons (Fsp3) is 0.211. The second-order valence-electron chi connectivity index (χ2n) is 6.48. The van der Waals surface area contributed by atoms with E-state index in [0.717, 1.165) is 9.15 Å². The van der Waals surface area contributed by atoms with Crippen molar-refractivity contribution in [3.05, 3.63) is 63.4 Å². The molecule has 1 N–H and O–H groups in total. The van der Waals surface area contributed by atoms with Gasteiger partial charge in [-0.25, -0.2) is 4.68 Å². The summed E-state index contributed by atoms with van der Waals surface area (Å²) in [5, 5.41) is 16.1. The number of aromatic nitrogens is 5. The molecule has 4 aromatic rings. The quantitative estimate of drug-likeness (QED) is 0.494. The van der Waals surface area contributed by atoms with Crippen LogP contribution in [-0.4, -0.2) is 37.4 Å². The lowest BCUT2D eigenvalue weighted by atomic mass is 10.1. The minimum Gasteiger partial charge on any atom is -0.375 e. The number of anilines is 1. The maximum absolute atomic E-state index is 12.9. The molecule has 29 heavy (non-hydrogen) atoms. The zero-order valence-corrected chi connectivity index (χ0v) is 17.3. The van der Waals surface area contributed by atoms with E-state index in [-0.39, 0.29) is 24.1 Å². The third-order valence-electron chi connectivity index (χ3n) is 4.56. The summed E-state index contributed by atoms with van der Waals surface area (Å²) in [5.74, 6) is -0.375. The monoisotopic (exact) mass is 456 g/mol. The Labute approximate surface area is 173 Å². The molecule has 1 aromatic carbocycles. The van der Waals surface area contributed by atoms with Crippen LogP contribution in [0.1, 0.15) is 18.7 Å². The average Bonchev–Trinajstić information content (AvgIpc) is 3.17. The van der Waals surface area contributed by atoms with Gasteiger partial charge < -0.3 is 10.1 Å². The van der Waals surface area contributed by atoms with E-state index in [1.54, 1.807) is 42.0 Å². The number of methoxy groups -OCH3 is 1. The number of amides is 1. The highest BCUT2D eigenvalue weighted by Crippen LogP contribution is 2.25. The van der Waals surface area contributed by atoms with Crippen molar-refractivity contribution < 1.29 is 9.53 Å². The first-order valence-corrected chi connectivity index (χ1v) is 9.58. The Morgan fingerprint density at radius 2 is 2.10 bits per heavy atom. The van der Waals surface area contributed by atoms with Crippen LogP contribution >= 0.6 is 15.9 Å². The SMILES string of the molecule is COC(C)c1nn(CC(=O)Nc2ccc3nncn3c2)c(=O)c2ccc(Br)cc12. The Morgan fingerprint density at radius 1 is 1.28 bits per heavy atom. The second kappa shape index (κ2) is 7.72. The highest BCUT2D eigenvalue weighted by atomic mass is 79.9. The highest BCUT2D eigenvalue weighted by molar-refractivity contribution is 9.10. The molecule has 4 rings (SSSR count). The molecular weight excluding hydrogens is 440 g/mol. The largest absolute Gasteiger partial charge is 0.375 e. The van der Waals surface area contributed by atoms with Crippen molar-refractivity contribution in [1.29, 1.82) is 0 Å². The molecule has 3 heterocycles. The maximum atomic E-state index is 12.9. The van der Waals surface area contributed by atoms with Gasteiger partial charge >= 0.3 is 0 Å². The number of nitrogens with one attached hydrogen (secondary N) is 1. The third kappa shape index (κ3) is 3.76. The van der Waals surface area contributed by atoms with Gasteiger partial charge in [0.15, 0.2) is 5.65 Å². The van der Waals surface area contributed by atoms with Crippen LogP contribution in [0.5, 0.6) is 0 Å². The average molecular weight is 457 g/mol. The Kier molecular flexibility index (Phi) is 5.12. The maximum Gasteiger partial charge on any atom is 0.275 e. The smallest absolute Gasteiger partial charge is 0.275 e. The van der Waals surface area contributed by atoms with E-state index in [1.807, 2.05) is 13.0 Å². The summed E-state index contributed by atoms with van der Waals surface area (Å²) in [7, 11) is 1.57. The number of hydrogen-bond acceptors (Lipinski definition) is 6. The van der Waals surface area contributed by atoms with Crippen LogP contribution < -0.4 is 10.9 Å². The molecule has 10 heteroatoms. The molecule has 1 atom stereocenters. The zero-order valence-electron chi connectivity index (χ0n) is 15.7. The number of fused-ring (bicyclic) bond motifs is 2. The van der Waals surface area contributed by atoms with E-state index in [1.165, 1.54) is 6.33 Å². The van der Waals surface area contributed by atoms with Gasteiger partial charge in [0.1, 0.15) is 12.9 Å². The summed E-state index contributed by atoms with van der Waals surface area (Å²) in [5.41, 5.74) is 1.47. The second-order valence-corrected chi connectivity index (χ2v) is 7.39. The Bertz CT molecular complexity index is 1280. The van der Waals surface area contributed by atoms with Gasteiger partial charge in [-0.15, -0.1) is 10.2 Å². The molecule has 0 saturated carbocycles. The summed E-state index contributed by atoms with van der Waals surface area (Å²) in [6.45, 7) is 1.61. The van der Waals surface area contributed by atoms with E-state index in [2.05, 4.69) is 36.5 Å². The molecule has 0 aliphatic carbocycles. The van der Waals surface area contributed by atoms with Crippen molar-refractivity contribution in [2.45, 2.75) is 19.6 Å². The molecular formula is C19H17BrN6O3. The predicted octanol–water partition coefficient (Wildman–Crippen LogP) is 2.55. The summed E-state index contributed by atoms with van der Waals surface area (Å²) < 4.78 is 9.08. The van der Waals surface area contributed by atoms with Crippen LogP contribution in [0.3, 0.4) is 0 Å².